The fraction of sp³-hybridized carbons (Fsp3) is 0.273. The fourth-order valence-corrected chi connectivity index (χ4v) is 2.63. The van der Waals surface area contributed by atoms with Gasteiger partial charge in [0.25, 0.3) is 0 Å². The van der Waals surface area contributed by atoms with Crippen LogP contribution in [0.2, 0.25) is 5.02 Å². The average Bonchev–Trinajstić information content (AvgIpc) is 2.74. The van der Waals surface area contributed by atoms with Gasteiger partial charge in [-0.15, -0.1) is 0 Å². The molecule has 0 unspecified atom stereocenters. The van der Waals surface area contributed by atoms with Gasteiger partial charge in [-0.2, -0.15) is 4.98 Å². The molecule has 162 valence electrons. The van der Waals surface area contributed by atoms with E-state index in [1.165, 1.54) is 0 Å². The molecule has 8 nitrogen and oxygen atoms in total. The minimum absolute atomic E-state index is 0.0913. The molecule has 1 heterocycles. The van der Waals surface area contributed by atoms with E-state index in [9.17, 15) is 4.79 Å². The Hall–Kier alpha value is -3.39. The lowest BCUT2D eigenvalue weighted by Gasteiger charge is -2.14. The molecule has 0 saturated carbocycles. The van der Waals surface area contributed by atoms with Crippen molar-refractivity contribution in [3.63, 3.8) is 0 Å². The molecular weight excluding hydrogens is 422 g/mol. The van der Waals surface area contributed by atoms with E-state index in [0.717, 1.165) is 16.6 Å². The number of oxime groups is 1. The summed E-state index contributed by atoms with van der Waals surface area (Å²) in [6.07, 6.45) is 0.869. The molecule has 3 rings (SSSR count). The van der Waals surface area contributed by atoms with E-state index in [1.54, 1.807) is 55.6 Å². The van der Waals surface area contributed by atoms with Crippen LogP contribution in [0.1, 0.15) is 20.8 Å². The summed E-state index contributed by atoms with van der Waals surface area (Å²) < 4.78 is 16.4. The van der Waals surface area contributed by atoms with Crippen molar-refractivity contribution in [2.75, 3.05) is 13.2 Å². The lowest BCUT2D eigenvalue weighted by atomic mass is 10.2. The Bertz CT molecular complexity index is 1070. The first-order valence-corrected chi connectivity index (χ1v) is 9.95. The van der Waals surface area contributed by atoms with E-state index in [2.05, 4.69) is 15.1 Å². The van der Waals surface area contributed by atoms with E-state index >= 15 is 0 Å². The Kier molecular flexibility index (Phi) is 7.61. The molecular formula is C22H22ClN3O5. The van der Waals surface area contributed by atoms with Crippen LogP contribution in [0, 0.1) is 0 Å². The highest BCUT2D eigenvalue weighted by Gasteiger charge is 2.16. The number of fused-ring (bicyclic) bond motifs is 1. The highest BCUT2D eigenvalue weighted by atomic mass is 35.5. The van der Waals surface area contributed by atoms with Crippen LogP contribution in [0.15, 0.2) is 53.8 Å². The van der Waals surface area contributed by atoms with Crippen LogP contribution in [0.3, 0.4) is 0 Å². The van der Waals surface area contributed by atoms with Gasteiger partial charge >= 0.3 is 12.0 Å². The number of rotatable bonds is 9. The number of halogens is 1. The summed E-state index contributed by atoms with van der Waals surface area (Å²) >= 11 is 5.97. The van der Waals surface area contributed by atoms with Crippen molar-refractivity contribution in [3.8, 4) is 17.5 Å². The van der Waals surface area contributed by atoms with Gasteiger partial charge in [-0.25, -0.2) is 9.78 Å². The Morgan fingerprint density at radius 2 is 1.84 bits per heavy atom. The highest BCUT2D eigenvalue weighted by molar-refractivity contribution is 6.31. The maximum Gasteiger partial charge on any atom is 0.347 e. The zero-order valence-electron chi connectivity index (χ0n) is 17.4. The third kappa shape index (κ3) is 6.82. The molecule has 0 radical (unpaired) electrons. The Balaban J connectivity index is 1.51. The molecule has 3 aromatic rings. The SMILES string of the molecule is CC(C)=NOCCOC(=O)[C@@H](C)Oc1ccc(Oc2ncc3cc(Cl)ccc3n2)cc1. The van der Waals surface area contributed by atoms with Gasteiger partial charge in [-0.1, -0.05) is 16.8 Å². The standard InChI is InChI=1S/C22H22ClN3O5/c1-14(2)26-29-11-10-28-21(27)15(3)30-18-5-7-19(8-6-18)31-22-24-13-16-12-17(23)4-9-20(16)25-22/h4-9,12-13,15H,10-11H2,1-3H3/t15-/m1/s1. The molecule has 1 aromatic heterocycles. The summed E-state index contributed by atoms with van der Waals surface area (Å²) in [5.41, 5.74) is 1.51. The summed E-state index contributed by atoms with van der Waals surface area (Å²) in [6.45, 7) is 5.50. The van der Waals surface area contributed by atoms with E-state index < -0.39 is 12.1 Å². The summed E-state index contributed by atoms with van der Waals surface area (Å²) in [7, 11) is 0. The van der Waals surface area contributed by atoms with Gasteiger partial charge in [0, 0.05) is 16.6 Å². The van der Waals surface area contributed by atoms with Crippen molar-refractivity contribution >= 4 is 34.2 Å². The molecule has 31 heavy (non-hydrogen) atoms. The summed E-state index contributed by atoms with van der Waals surface area (Å²) in [5, 5.41) is 5.20. The van der Waals surface area contributed by atoms with Gasteiger partial charge in [0.15, 0.2) is 12.7 Å². The number of esters is 1. The quantitative estimate of drug-likeness (QED) is 0.203. The third-order valence-electron chi connectivity index (χ3n) is 3.86. The summed E-state index contributed by atoms with van der Waals surface area (Å²) in [4.78, 5) is 25.5. The number of nitrogens with zero attached hydrogens (tertiary/aromatic N) is 3. The maximum atomic E-state index is 12.0. The number of carbonyl (C=O) groups is 1. The van der Waals surface area contributed by atoms with Crippen LogP contribution in [-0.4, -0.2) is 41.0 Å². The molecule has 0 aliphatic heterocycles. The largest absolute Gasteiger partial charge is 0.479 e. The summed E-state index contributed by atoms with van der Waals surface area (Å²) in [6, 6.07) is 12.3. The predicted molar refractivity (Wildman–Crippen MR) is 117 cm³/mol. The average molecular weight is 444 g/mol. The van der Waals surface area contributed by atoms with E-state index in [0.29, 0.717) is 16.5 Å². The van der Waals surface area contributed by atoms with Crippen LogP contribution in [0.5, 0.6) is 17.5 Å². The van der Waals surface area contributed by atoms with Crippen LogP contribution in [0.4, 0.5) is 0 Å². The molecule has 0 saturated heterocycles. The molecule has 0 fully saturated rings. The molecule has 0 bridgehead atoms. The van der Waals surface area contributed by atoms with Crippen molar-refractivity contribution < 1.29 is 23.8 Å². The number of ether oxygens (including phenoxy) is 3. The zero-order valence-corrected chi connectivity index (χ0v) is 18.1. The van der Waals surface area contributed by atoms with Crippen molar-refractivity contribution in [3.05, 3.63) is 53.7 Å². The smallest absolute Gasteiger partial charge is 0.347 e. The minimum atomic E-state index is -0.779. The van der Waals surface area contributed by atoms with Gasteiger partial charge < -0.3 is 19.0 Å². The fourth-order valence-electron chi connectivity index (χ4n) is 2.45. The minimum Gasteiger partial charge on any atom is -0.479 e. The predicted octanol–water partition coefficient (Wildman–Crippen LogP) is 4.80. The van der Waals surface area contributed by atoms with Crippen LogP contribution >= 0.6 is 11.6 Å². The lowest BCUT2D eigenvalue weighted by molar-refractivity contribution is -0.152. The summed E-state index contributed by atoms with van der Waals surface area (Å²) in [5.74, 6) is 0.527. The molecule has 2 aromatic carbocycles. The monoisotopic (exact) mass is 443 g/mol. The third-order valence-corrected chi connectivity index (χ3v) is 4.10. The second kappa shape index (κ2) is 10.6. The number of hydrogen-bond acceptors (Lipinski definition) is 8. The van der Waals surface area contributed by atoms with E-state index in [-0.39, 0.29) is 19.2 Å². The van der Waals surface area contributed by atoms with Gasteiger partial charge in [0.2, 0.25) is 0 Å². The molecule has 0 aliphatic rings. The molecule has 0 aliphatic carbocycles. The van der Waals surface area contributed by atoms with E-state index in [1.807, 2.05) is 13.8 Å². The lowest BCUT2D eigenvalue weighted by Crippen LogP contribution is -2.27. The van der Waals surface area contributed by atoms with E-state index in [4.69, 9.17) is 30.6 Å². The normalized spacial score (nSPS) is 11.5. The van der Waals surface area contributed by atoms with Crippen molar-refractivity contribution in [1.82, 2.24) is 9.97 Å². The Morgan fingerprint density at radius 1 is 1.10 bits per heavy atom. The Morgan fingerprint density at radius 3 is 2.58 bits per heavy atom. The topological polar surface area (TPSA) is 92.1 Å². The first-order valence-electron chi connectivity index (χ1n) is 9.57. The van der Waals surface area contributed by atoms with Crippen molar-refractivity contribution in [2.45, 2.75) is 26.9 Å². The highest BCUT2D eigenvalue weighted by Crippen LogP contribution is 2.24. The van der Waals surface area contributed by atoms with Crippen LogP contribution < -0.4 is 9.47 Å². The van der Waals surface area contributed by atoms with Gasteiger partial charge in [-0.3, -0.25) is 0 Å². The first-order chi connectivity index (χ1) is 14.9. The van der Waals surface area contributed by atoms with Crippen LogP contribution in [0.25, 0.3) is 10.9 Å². The second-order valence-corrected chi connectivity index (χ2v) is 7.16. The molecule has 0 N–H and O–H groups in total. The number of benzene rings is 2. The maximum absolute atomic E-state index is 12.0. The first kappa shape index (κ1) is 22.3. The van der Waals surface area contributed by atoms with Gasteiger partial charge in [-0.05, 0) is 63.2 Å². The van der Waals surface area contributed by atoms with Gasteiger partial charge in [0.1, 0.15) is 18.1 Å². The second-order valence-electron chi connectivity index (χ2n) is 6.73. The molecule has 9 heteroatoms. The Labute approximate surface area is 184 Å². The van der Waals surface area contributed by atoms with Crippen LogP contribution in [-0.2, 0) is 14.4 Å². The van der Waals surface area contributed by atoms with Crippen molar-refractivity contribution in [1.29, 1.82) is 0 Å². The zero-order chi connectivity index (χ0) is 22.2. The number of hydrogen-bond donors (Lipinski definition) is 0. The number of aromatic nitrogens is 2. The molecule has 1 atom stereocenters. The van der Waals surface area contributed by atoms with Gasteiger partial charge in [0.05, 0.1) is 11.2 Å². The number of carbonyl (C=O) groups excluding carboxylic acids is 1. The van der Waals surface area contributed by atoms with Crippen molar-refractivity contribution in [2.24, 2.45) is 5.16 Å². The molecule has 0 spiro atoms. The molecule has 0 amide bonds.